The van der Waals surface area contributed by atoms with Gasteiger partial charge in [-0.2, -0.15) is 0 Å². The van der Waals surface area contributed by atoms with Gasteiger partial charge in [-0.3, -0.25) is 9.98 Å². The zero-order valence-electron chi connectivity index (χ0n) is 24.6. The van der Waals surface area contributed by atoms with Gasteiger partial charge in [0.15, 0.2) is 0 Å². The van der Waals surface area contributed by atoms with Crippen molar-refractivity contribution >= 4 is 35.2 Å². The molecule has 1 aromatic heterocycles. The molecular weight excluding hydrogens is 533 g/mol. The van der Waals surface area contributed by atoms with Crippen molar-refractivity contribution < 1.29 is 16.8 Å². The smallest absolute Gasteiger partial charge is 0.0849 e. The first kappa shape index (κ1) is 33.8. The Morgan fingerprint density at radius 2 is 0.789 bits per heavy atom. The van der Waals surface area contributed by atoms with Gasteiger partial charge in [-0.15, -0.1) is 12.4 Å². The minimum absolute atomic E-state index is 0. The van der Waals surface area contributed by atoms with E-state index >= 15 is 0 Å². The number of para-hydroxylation sites is 2. The van der Waals surface area contributed by atoms with Crippen molar-refractivity contribution in [2.75, 3.05) is 0 Å². The normalized spacial score (nSPS) is 12.3. The number of halogens is 1. The molecule has 0 spiro atoms. The van der Waals surface area contributed by atoms with Crippen LogP contribution in [0.1, 0.15) is 127 Å². The van der Waals surface area contributed by atoms with Crippen LogP contribution in [0.25, 0.3) is 0 Å². The third kappa shape index (κ3) is 7.88. The summed E-state index contributed by atoms with van der Waals surface area (Å²) in [6, 6.07) is 19.2. The Balaban J connectivity index is 0.00000361. The maximum atomic E-state index is 5.15. The number of pyridine rings is 1. The van der Waals surface area contributed by atoms with E-state index in [0.717, 1.165) is 34.2 Å². The van der Waals surface area contributed by atoms with Crippen molar-refractivity contribution in [2.45, 2.75) is 92.9 Å². The molecule has 0 N–H and O–H groups in total. The molecule has 0 amide bonds. The Kier molecular flexibility index (Phi) is 13.1. The van der Waals surface area contributed by atoms with Crippen LogP contribution < -0.4 is 0 Å². The summed E-state index contributed by atoms with van der Waals surface area (Å²) in [5.41, 5.74) is 10.9. The van der Waals surface area contributed by atoms with E-state index in [-0.39, 0.29) is 29.2 Å². The van der Waals surface area contributed by atoms with Crippen LogP contribution in [0.4, 0.5) is 11.4 Å². The molecule has 0 aliphatic rings. The molecule has 1 heterocycles. The van der Waals surface area contributed by atoms with Crippen LogP contribution in [0.15, 0.2) is 64.6 Å². The number of rotatable bonds is 8. The molecule has 0 aliphatic heterocycles. The first-order valence-electron chi connectivity index (χ1n) is 13.3. The van der Waals surface area contributed by atoms with Gasteiger partial charge in [-0.1, -0.05) is 97.9 Å². The Hall–Kier alpha value is -2.27. The van der Waals surface area contributed by atoms with Gasteiger partial charge in [0.05, 0.1) is 34.2 Å². The van der Waals surface area contributed by atoms with E-state index < -0.39 is 0 Å². The van der Waals surface area contributed by atoms with E-state index in [2.05, 4.69) is 112 Å². The molecule has 38 heavy (non-hydrogen) atoms. The number of hydrogen-bond acceptors (Lipinski definition) is 3. The molecule has 0 aliphatic carbocycles. The van der Waals surface area contributed by atoms with Gasteiger partial charge < -0.3 is 0 Å². The minimum Gasteiger partial charge on any atom is -0.251 e. The summed E-state index contributed by atoms with van der Waals surface area (Å²) in [7, 11) is 0. The van der Waals surface area contributed by atoms with Gasteiger partial charge >= 0.3 is 0 Å². The summed E-state index contributed by atoms with van der Waals surface area (Å²) in [4.78, 5) is 15.3. The molecule has 0 saturated carbocycles. The Labute approximate surface area is 247 Å². The summed E-state index contributed by atoms with van der Waals surface area (Å²) >= 11 is 0. The molecule has 207 valence electrons. The summed E-state index contributed by atoms with van der Waals surface area (Å²) in [6.45, 7) is 22.0. The van der Waals surface area contributed by atoms with Crippen molar-refractivity contribution in [3.8, 4) is 0 Å². The monoisotopic (exact) mass is 576 g/mol. The van der Waals surface area contributed by atoms with Gasteiger partial charge in [0, 0.05) is 16.8 Å². The van der Waals surface area contributed by atoms with Crippen LogP contribution in [-0.2, 0) is 16.8 Å². The van der Waals surface area contributed by atoms with Crippen LogP contribution >= 0.6 is 12.4 Å². The first-order valence-corrected chi connectivity index (χ1v) is 13.3. The van der Waals surface area contributed by atoms with E-state index in [0.29, 0.717) is 23.7 Å². The molecule has 0 fully saturated rings. The molecule has 3 aromatic rings. The maximum absolute atomic E-state index is 5.15. The molecule has 0 unspecified atom stereocenters. The van der Waals surface area contributed by atoms with Crippen molar-refractivity contribution in [2.24, 2.45) is 9.98 Å². The van der Waals surface area contributed by atoms with Gasteiger partial charge in [-0.25, -0.2) is 4.98 Å². The van der Waals surface area contributed by atoms with Crippen molar-refractivity contribution in [3.05, 3.63) is 88.2 Å². The molecule has 3 rings (SSSR count). The fourth-order valence-electron chi connectivity index (χ4n) is 4.57. The SMILES string of the molecule is C/C(=N\c1c(C(C)C)cccc1C(C)C)c1cccc(/C(C)=N/c2c(C(C)C)cccc2C(C)C)n1.Cl.[Co]. The van der Waals surface area contributed by atoms with E-state index in [9.17, 15) is 0 Å². The Morgan fingerprint density at radius 1 is 0.526 bits per heavy atom. The average Bonchev–Trinajstić information content (AvgIpc) is 2.83. The number of nitrogens with zero attached hydrogens (tertiary/aromatic N) is 3. The maximum Gasteiger partial charge on any atom is 0.0849 e. The predicted molar refractivity (Wildman–Crippen MR) is 164 cm³/mol. The summed E-state index contributed by atoms with van der Waals surface area (Å²) in [6.07, 6.45) is 0. The van der Waals surface area contributed by atoms with E-state index in [1.54, 1.807) is 0 Å². The van der Waals surface area contributed by atoms with E-state index in [1.165, 1.54) is 22.3 Å². The predicted octanol–water partition coefficient (Wildman–Crippen LogP) is 10.3. The molecule has 1 radical (unpaired) electrons. The van der Waals surface area contributed by atoms with Crippen LogP contribution in [0.2, 0.25) is 0 Å². The number of aromatic nitrogens is 1. The molecule has 0 saturated heterocycles. The van der Waals surface area contributed by atoms with Gasteiger partial charge in [0.2, 0.25) is 0 Å². The Bertz CT molecular complexity index is 1130. The van der Waals surface area contributed by atoms with Crippen molar-refractivity contribution in [3.63, 3.8) is 0 Å². The van der Waals surface area contributed by atoms with Gasteiger partial charge in [0.25, 0.3) is 0 Å². The van der Waals surface area contributed by atoms with Crippen molar-refractivity contribution in [1.82, 2.24) is 4.98 Å². The van der Waals surface area contributed by atoms with Crippen LogP contribution in [0, 0.1) is 0 Å². The summed E-state index contributed by atoms with van der Waals surface area (Å²) in [5.74, 6) is 1.61. The van der Waals surface area contributed by atoms with E-state index in [1.807, 2.05) is 12.1 Å². The van der Waals surface area contributed by atoms with Gasteiger partial charge in [-0.05, 0) is 71.9 Å². The molecule has 5 heteroatoms. The zero-order chi connectivity index (χ0) is 26.6. The second-order valence-electron chi connectivity index (χ2n) is 11.0. The summed E-state index contributed by atoms with van der Waals surface area (Å²) in [5, 5.41) is 0. The molecular formula is C33H44ClCoN3. The van der Waals surface area contributed by atoms with Crippen LogP contribution in [-0.4, -0.2) is 16.4 Å². The summed E-state index contributed by atoms with van der Waals surface area (Å²) < 4.78 is 0. The van der Waals surface area contributed by atoms with Crippen molar-refractivity contribution in [1.29, 1.82) is 0 Å². The Morgan fingerprint density at radius 3 is 1.05 bits per heavy atom. The minimum atomic E-state index is 0. The second kappa shape index (κ2) is 14.8. The third-order valence-electron chi connectivity index (χ3n) is 6.73. The number of hydrogen-bond donors (Lipinski definition) is 0. The average molecular weight is 577 g/mol. The standard InChI is InChI=1S/C33H43N3.ClH.Co/c1-20(2)26-14-11-15-27(21(3)4)32(26)34-24(9)30-18-13-19-31(36-30)25(10)35-33-28(22(5)6)16-12-17-29(33)23(7)8;;/h11-23H,1-10H3;1H;/b34-24+,35-25+;;. The van der Waals surface area contributed by atoms with Crippen LogP contribution in [0.5, 0.6) is 0 Å². The number of aliphatic imine (C=N–C) groups is 2. The van der Waals surface area contributed by atoms with Gasteiger partial charge in [0.1, 0.15) is 0 Å². The fourth-order valence-corrected chi connectivity index (χ4v) is 4.57. The number of benzene rings is 2. The van der Waals surface area contributed by atoms with Crippen LogP contribution in [0.3, 0.4) is 0 Å². The fraction of sp³-hybridized carbons (Fsp3) is 0.424. The molecule has 0 bridgehead atoms. The topological polar surface area (TPSA) is 37.6 Å². The first-order chi connectivity index (χ1) is 17.0. The quantitative estimate of drug-likeness (QED) is 0.246. The molecule has 3 nitrogen and oxygen atoms in total. The van der Waals surface area contributed by atoms with E-state index in [4.69, 9.17) is 15.0 Å². The zero-order valence-corrected chi connectivity index (χ0v) is 26.4. The second-order valence-corrected chi connectivity index (χ2v) is 11.0. The largest absolute Gasteiger partial charge is 0.251 e. The third-order valence-corrected chi connectivity index (χ3v) is 6.73. The molecule has 0 atom stereocenters. The molecule has 2 aromatic carbocycles.